The molecule has 1 aromatic heterocycles. The number of alkyl halides is 3. The molecule has 4 rings (SSSR count). The number of rotatable bonds is 11. The Morgan fingerprint density at radius 1 is 0.800 bits per heavy atom. The number of nitrogens with zero attached hydrogens (tertiary/aromatic N) is 2. The molecule has 1 fully saturated rings. The number of aromatic nitrogens is 1. The van der Waals surface area contributed by atoms with Crippen LogP contribution in [0.5, 0.6) is 0 Å². The quantitative estimate of drug-likeness (QED) is 0.122. The zero-order chi connectivity index (χ0) is 36.9. The summed E-state index contributed by atoms with van der Waals surface area (Å²) in [7, 11) is 0. The first kappa shape index (κ1) is 38.0. The Hall–Kier alpha value is -4.78. The number of aryl methyl sites for hydroxylation is 2. The van der Waals surface area contributed by atoms with E-state index >= 15 is 0 Å². The maximum atomic E-state index is 14.2. The lowest BCUT2D eigenvalue weighted by atomic mass is 9.90. The first-order valence-corrected chi connectivity index (χ1v) is 16.5. The van der Waals surface area contributed by atoms with Crippen LogP contribution in [-0.2, 0) is 44.4 Å². The van der Waals surface area contributed by atoms with Gasteiger partial charge in [-0.2, -0.15) is 27.4 Å². The fourth-order valence-corrected chi connectivity index (χ4v) is 6.01. The van der Waals surface area contributed by atoms with Gasteiger partial charge >= 0.3 is 30.2 Å². The van der Waals surface area contributed by atoms with Gasteiger partial charge in [-0.05, 0) is 76.3 Å². The number of benzene rings is 2. The molecule has 0 atom stereocenters. The molecule has 1 amide bonds. The summed E-state index contributed by atoms with van der Waals surface area (Å²) in [5, 5.41) is 9.34. The van der Waals surface area contributed by atoms with Gasteiger partial charge in [0.2, 0.25) is 0 Å². The van der Waals surface area contributed by atoms with Gasteiger partial charge in [-0.15, -0.1) is 0 Å². The highest BCUT2D eigenvalue weighted by Gasteiger charge is 2.51. The second kappa shape index (κ2) is 15.4. The van der Waals surface area contributed by atoms with E-state index in [1.54, 1.807) is 58.9 Å². The van der Waals surface area contributed by atoms with Crippen molar-refractivity contribution in [2.75, 3.05) is 26.3 Å². The van der Waals surface area contributed by atoms with Crippen LogP contribution < -0.4 is 4.48 Å². The van der Waals surface area contributed by atoms with E-state index in [1.807, 2.05) is 0 Å². The number of hydrogen-bond acceptors (Lipinski definition) is 8. The highest BCUT2D eigenvalue weighted by atomic mass is 19.4. The SMILES string of the molecule is CCOC(=O)c1c(CCc2ccc(C(F)(F)F)cc2)nc([N+]2(C(=O)OC(C)(C)C)CCCC2)c(C(=O)OCC)c1-c1ccc(CC(=O)O)cc1. The molecule has 1 aliphatic heterocycles. The first-order chi connectivity index (χ1) is 23.5. The number of quaternary nitrogens is 1. The zero-order valence-corrected chi connectivity index (χ0v) is 28.8. The van der Waals surface area contributed by atoms with Gasteiger partial charge in [-0.25, -0.2) is 9.59 Å². The summed E-state index contributed by atoms with van der Waals surface area (Å²) in [5.74, 6) is -2.68. The summed E-state index contributed by atoms with van der Waals surface area (Å²) in [5.41, 5.74) is -0.329. The molecule has 0 spiro atoms. The average Bonchev–Trinajstić information content (AvgIpc) is 3.54. The minimum Gasteiger partial charge on any atom is -0.481 e. The summed E-state index contributed by atoms with van der Waals surface area (Å²) in [4.78, 5) is 58.4. The third kappa shape index (κ3) is 8.68. The molecule has 10 nitrogen and oxygen atoms in total. The van der Waals surface area contributed by atoms with Crippen molar-refractivity contribution in [3.05, 3.63) is 82.0 Å². The summed E-state index contributed by atoms with van der Waals surface area (Å²) < 4.78 is 56.2. The number of aliphatic carboxylic acids is 1. The minimum absolute atomic E-state index is 0.0219. The Bertz CT molecular complexity index is 1720. The Morgan fingerprint density at radius 2 is 1.34 bits per heavy atom. The van der Waals surface area contributed by atoms with Gasteiger partial charge in [0, 0.05) is 18.4 Å². The van der Waals surface area contributed by atoms with E-state index in [2.05, 4.69) is 0 Å². The van der Waals surface area contributed by atoms with Gasteiger partial charge in [-0.3, -0.25) is 4.79 Å². The minimum atomic E-state index is -4.51. The van der Waals surface area contributed by atoms with Crippen molar-refractivity contribution < 1.29 is 51.7 Å². The summed E-state index contributed by atoms with van der Waals surface area (Å²) in [6.07, 6.45) is -4.06. The number of carboxylic acid groups (broad SMARTS) is 1. The van der Waals surface area contributed by atoms with Gasteiger partial charge in [0.1, 0.15) is 5.60 Å². The van der Waals surface area contributed by atoms with Crippen molar-refractivity contribution >= 4 is 29.8 Å². The fraction of sp³-hybridized carbons (Fsp3) is 0.432. The smallest absolute Gasteiger partial charge is 0.481 e. The number of likely N-dealkylation sites (tertiary alicyclic amines) is 1. The first-order valence-electron chi connectivity index (χ1n) is 16.5. The van der Waals surface area contributed by atoms with Crippen LogP contribution in [0.15, 0.2) is 48.5 Å². The van der Waals surface area contributed by atoms with Crippen LogP contribution in [0, 0.1) is 0 Å². The van der Waals surface area contributed by atoms with E-state index < -0.39 is 45.8 Å². The highest BCUT2D eigenvalue weighted by molar-refractivity contribution is 6.10. The van der Waals surface area contributed by atoms with Crippen molar-refractivity contribution in [2.45, 2.75) is 78.5 Å². The standard InChI is InChI=1S/C37H41F3N2O8/c1-6-48-33(45)30-27(19-14-23-12-17-26(18-13-23)37(38,39)40)41-32(42(20-8-9-21-42)35(47)50-36(3,4)5)31(34(46)49-7-2)29(30)25-15-10-24(11-16-25)22-28(43)44/h10-13,15-18H,6-9,14,19-22H2,1-5H3/p+1. The van der Waals surface area contributed by atoms with E-state index in [0.29, 0.717) is 29.5 Å². The van der Waals surface area contributed by atoms with Gasteiger partial charge in [0.05, 0.1) is 49.5 Å². The van der Waals surface area contributed by atoms with Crippen LogP contribution >= 0.6 is 0 Å². The van der Waals surface area contributed by atoms with Crippen molar-refractivity contribution in [3.63, 3.8) is 0 Å². The molecular formula is C37H42F3N2O8+. The number of carbonyl (C=O) groups is 4. The van der Waals surface area contributed by atoms with E-state index in [-0.39, 0.29) is 73.8 Å². The van der Waals surface area contributed by atoms with E-state index in [4.69, 9.17) is 19.2 Å². The Morgan fingerprint density at radius 3 is 1.84 bits per heavy atom. The number of ether oxygens (including phenoxy) is 3. The topological polar surface area (TPSA) is 129 Å². The van der Waals surface area contributed by atoms with Crippen molar-refractivity contribution in [3.8, 4) is 11.1 Å². The second-order valence-electron chi connectivity index (χ2n) is 13.0. The molecule has 1 aliphatic rings. The molecule has 0 radical (unpaired) electrons. The van der Waals surface area contributed by atoms with Crippen LogP contribution in [0.25, 0.3) is 11.1 Å². The van der Waals surface area contributed by atoms with Gasteiger partial charge in [0.25, 0.3) is 5.82 Å². The molecule has 0 unspecified atom stereocenters. The predicted octanol–water partition coefficient (Wildman–Crippen LogP) is 7.57. The summed E-state index contributed by atoms with van der Waals surface area (Å²) in [6.45, 7) is 8.81. The monoisotopic (exact) mass is 699 g/mol. The van der Waals surface area contributed by atoms with Crippen molar-refractivity contribution in [1.29, 1.82) is 0 Å². The van der Waals surface area contributed by atoms with Crippen LogP contribution in [0.4, 0.5) is 23.8 Å². The Kier molecular flexibility index (Phi) is 11.7. The van der Waals surface area contributed by atoms with Gasteiger partial charge < -0.3 is 19.3 Å². The lowest BCUT2D eigenvalue weighted by molar-refractivity contribution is -0.138. The van der Waals surface area contributed by atoms with E-state index in [9.17, 15) is 37.5 Å². The molecule has 268 valence electrons. The molecule has 0 saturated carbocycles. The lowest BCUT2D eigenvalue weighted by Gasteiger charge is -2.33. The molecule has 0 aliphatic carbocycles. The van der Waals surface area contributed by atoms with Crippen LogP contribution in [0.1, 0.15) is 90.6 Å². The highest BCUT2D eigenvalue weighted by Crippen LogP contribution is 2.42. The number of pyridine rings is 1. The van der Waals surface area contributed by atoms with E-state index in [1.165, 1.54) is 12.1 Å². The maximum absolute atomic E-state index is 14.2. The third-order valence-corrected chi connectivity index (χ3v) is 8.22. The van der Waals surface area contributed by atoms with E-state index in [0.717, 1.165) is 12.1 Å². The zero-order valence-electron chi connectivity index (χ0n) is 28.8. The van der Waals surface area contributed by atoms with Crippen LogP contribution in [0.3, 0.4) is 0 Å². The fourth-order valence-electron chi connectivity index (χ4n) is 6.01. The van der Waals surface area contributed by atoms with Crippen molar-refractivity contribution in [1.82, 2.24) is 9.47 Å². The van der Waals surface area contributed by atoms with Gasteiger partial charge in [-0.1, -0.05) is 36.4 Å². The van der Waals surface area contributed by atoms with Crippen LogP contribution in [-0.4, -0.2) is 66.0 Å². The molecule has 2 heterocycles. The molecule has 0 bridgehead atoms. The number of amides is 1. The average molecular weight is 700 g/mol. The van der Waals surface area contributed by atoms with Gasteiger partial charge in [0.15, 0.2) is 5.56 Å². The molecule has 1 N–H and O–H groups in total. The molecule has 3 aromatic rings. The Labute approximate surface area is 288 Å². The van der Waals surface area contributed by atoms with Crippen LogP contribution in [0.2, 0.25) is 0 Å². The number of halogens is 3. The third-order valence-electron chi connectivity index (χ3n) is 8.22. The molecule has 13 heteroatoms. The lowest BCUT2D eigenvalue weighted by Crippen LogP contribution is -2.55. The predicted molar refractivity (Wildman–Crippen MR) is 179 cm³/mol. The summed E-state index contributed by atoms with van der Waals surface area (Å²) in [6, 6.07) is 10.9. The largest absolute Gasteiger partial charge is 0.523 e. The second-order valence-corrected chi connectivity index (χ2v) is 13.0. The number of carboxylic acids is 1. The number of esters is 2. The molecule has 1 saturated heterocycles. The normalized spacial score (nSPS) is 14.2. The Balaban J connectivity index is 2.07. The number of carbonyl (C=O) groups excluding carboxylic acids is 3. The molecular weight excluding hydrogens is 657 g/mol. The van der Waals surface area contributed by atoms with Crippen molar-refractivity contribution in [2.24, 2.45) is 0 Å². The maximum Gasteiger partial charge on any atom is 0.523 e. The molecule has 50 heavy (non-hydrogen) atoms. The molecule has 2 aromatic carbocycles. The summed E-state index contributed by atoms with van der Waals surface area (Å²) >= 11 is 0. The number of hydrogen-bond donors (Lipinski definition) is 1.